The van der Waals surface area contributed by atoms with Crippen LogP contribution in [0.25, 0.3) is 0 Å². The van der Waals surface area contributed by atoms with Crippen LogP contribution in [-0.2, 0) is 0 Å². The van der Waals surface area contributed by atoms with E-state index in [0.717, 1.165) is 5.33 Å². The second-order valence-electron chi connectivity index (χ2n) is 5.27. The molecule has 0 aliphatic carbocycles. The molecule has 1 atom stereocenters. The first-order chi connectivity index (χ1) is 6.39. The molecule has 1 unspecified atom stereocenters. The van der Waals surface area contributed by atoms with E-state index in [2.05, 4.69) is 55.6 Å². The highest BCUT2D eigenvalue weighted by Crippen LogP contribution is 2.23. The lowest BCUT2D eigenvalue weighted by molar-refractivity contribution is 0.139. The second-order valence-corrected chi connectivity index (χ2v) is 6.07. The van der Waals surface area contributed by atoms with Crippen molar-refractivity contribution in [2.24, 2.45) is 5.41 Å². The first-order valence-electron chi connectivity index (χ1n) is 5.65. The molecule has 0 saturated heterocycles. The van der Waals surface area contributed by atoms with Crippen LogP contribution in [0.2, 0.25) is 0 Å². The Labute approximate surface area is 98.4 Å². The van der Waals surface area contributed by atoms with Crippen LogP contribution in [0.5, 0.6) is 0 Å². The van der Waals surface area contributed by atoms with E-state index >= 15 is 0 Å². The molecule has 86 valence electrons. The fourth-order valence-electron chi connectivity index (χ4n) is 1.49. The van der Waals surface area contributed by atoms with Crippen molar-refractivity contribution >= 4 is 15.9 Å². The maximum atomic E-state index is 3.46. The summed E-state index contributed by atoms with van der Waals surface area (Å²) in [5.41, 5.74) is 0.393. The van der Waals surface area contributed by atoms with Gasteiger partial charge in [-0.05, 0) is 38.8 Å². The SMILES string of the molecule is CC(N(C)CCCCCBr)C(C)(C)C. The maximum Gasteiger partial charge on any atom is 0.0112 e. The molecule has 1 nitrogen and oxygen atoms in total. The molecular weight excluding hydrogens is 238 g/mol. The summed E-state index contributed by atoms with van der Waals surface area (Å²) in [6.45, 7) is 10.5. The summed E-state index contributed by atoms with van der Waals surface area (Å²) in [4.78, 5) is 2.48. The first kappa shape index (κ1) is 14.4. The van der Waals surface area contributed by atoms with Crippen LogP contribution in [0.15, 0.2) is 0 Å². The topological polar surface area (TPSA) is 3.24 Å². The van der Waals surface area contributed by atoms with Crippen molar-refractivity contribution in [3.63, 3.8) is 0 Å². The standard InChI is InChI=1S/C12H26BrN/c1-11(12(2,3)4)14(5)10-8-6-7-9-13/h11H,6-10H2,1-5H3. The van der Waals surface area contributed by atoms with Gasteiger partial charge in [-0.1, -0.05) is 43.1 Å². The average molecular weight is 264 g/mol. The van der Waals surface area contributed by atoms with E-state index in [1.807, 2.05) is 0 Å². The van der Waals surface area contributed by atoms with Crippen LogP contribution < -0.4 is 0 Å². The summed E-state index contributed by atoms with van der Waals surface area (Å²) in [6, 6.07) is 0.659. The average Bonchev–Trinajstić information content (AvgIpc) is 2.09. The second kappa shape index (κ2) is 6.84. The molecule has 14 heavy (non-hydrogen) atoms. The van der Waals surface area contributed by atoms with Crippen molar-refractivity contribution in [1.82, 2.24) is 4.90 Å². The van der Waals surface area contributed by atoms with E-state index in [-0.39, 0.29) is 0 Å². The Balaban J connectivity index is 3.68. The molecule has 0 spiro atoms. The van der Waals surface area contributed by atoms with Crippen LogP contribution in [0.1, 0.15) is 47.0 Å². The number of hydrogen-bond donors (Lipinski definition) is 0. The smallest absolute Gasteiger partial charge is 0.0112 e. The Morgan fingerprint density at radius 1 is 1.14 bits per heavy atom. The minimum absolute atomic E-state index is 0.393. The molecule has 0 bridgehead atoms. The molecule has 0 saturated carbocycles. The van der Waals surface area contributed by atoms with E-state index < -0.39 is 0 Å². The fraction of sp³-hybridized carbons (Fsp3) is 1.00. The van der Waals surface area contributed by atoms with Gasteiger partial charge < -0.3 is 4.90 Å². The van der Waals surface area contributed by atoms with Crippen LogP contribution in [0.4, 0.5) is 0 Å². The Hall–Kier alpha value is 0.440. The molecule has 0 aliphatic heterocycles. The fourth-order valence-corrected chi connectivity index (χ4v) is 1.88. The van der Waals surface area contributed by atoms with Crippen molar-refractivity contribution in [1.29, 1.82) is 0 Å². The minimum atomic E-state index is 0.393. The van der Waals surface area contributed by atoms with Crippen LogP contribution in [0.3, 0.4) is 0 Å². The van der Waals surface area contributed by atoms with Crippen LogP contribution in [0, 0.1) is 5.41 Å². The number of hydrogen-bond acceptors (Lipinski definition) is 1. The molecule has 0 N–H and O–H groups in total. The van der Waals surface area contributed by atoms with Crippen LogP contribution in [-0.4, -0.2) is 29.9 Å². The van der Waals surface area contributed by atoms with Gasteiger partial charge in [0.2, 0.25) is 0 Å². The molecule has 0 fully saturated rings. The zero-order valence-corrected chi connectivity index (χ0v) is 12.0. The molecule has 0 aromatic heterocycles. The molecule has 2 heteroatoms. The van der Waals surface area contributed by atoms with Crippen molar-refractivity contribution < 1.29 is 0 Å². The Morgan fingerprint density at radius 2 is 1.71 bits per heavy atom. The van der Waals surface area contributed by atoms with Gasteiger partial charge in [0, 0.05) is 11.4 Å². The Kier molecular flexibility index (Phi) is 7.05. The van der Waals surface area contributed by atoms with Gasteiger partial charge in [0.15, 0.2) is 0 Å². The first-order valence-corrected chi connectivity index (χ1v) is 6.78. The van der Waals surface area contributed by atoms with E-state index in [0.29, 0.717) is 11.5 Å². The highest BCUT2D eigenvalue weighted by Gasteiger charge is 2.23. The summed E-state index contributed by atoms with van der Waals surface area (Å²) in [5, 5.41) is 1.14. The minimum Gasteiger partial charge on any atom is -0.303 e. The Morgan fingerprint density at radius 3 is 2.14 bits per heavy atom. The molecular formula is C12H26BrN. The molecule has 0 aromatic carbocycles. The molecule has 0 amide bonds. The van der Waals surface area contributed by atoms with E-state index in [1.165, 1.54) is 25.8 Å². The monoisotopic (exact) mass is 263 g/mol. The number of rotatable bonds is 6. The summed E-state index contributed by atoms with van der Waals surface area (Å²) in [7, 11) is 2.24. The van der Waals surface area contributed by atoms with Gasteiger partial charge in [-0.25, -0.2) is 0 Å². The number of nitrogens with zero attached hydrogens (tertiary/aromatic N) is 1. The lowest BCUT2D eigenvalue weighted by atomic mass is 9.87. The van der Waals surface area contributed by atoms with E-state index in [1.54, 1.807) is 0 Å². The van der Waals surface area contributed by atoms with Gasteiger partial charge in [-0.2, -0.15) is 0 Å². The van der Waals surface area contributed by atoms with Crippen molar-refractivity contribution in [2.75, 3.05) is 18.9 Å². The predicted octanol–water partition coefficient (Wildman–Crippen LogP) is 3.92. The number of unbranched alkanes of at least 4 members (excludes halogenated alkanes) is 2. The van der Waals surface area contributed by atoms with Gasteiger partial charge in [0.05, 0.1) is 0 Å². The summed E-state index contributed by atoms with van der Waals surface area (Å²) in [6.07, 6.45) is 3.96. The molecule has 0 heterocycles. The number of halogens is 1. The highest BCUT2D eigenvalue weighted by molar-refractivity contribution is 9.09. The maximum absolute atomic E-state index is 3.46. The molecule has 0 aromatic rings. The lowest BCUT2D eigenvalue weighted by Crippen LogP contribution is -2.39. The van der Waals surface area contributed by atoms with Gasteiger partial charge >= 0.3 is 0 Å². The van der Waals surface area contributed by atoms with Crippen molar-refractivity contribution in [2.45, 2.75) is 53.0 Å². The van der Waals surface area contributed by atoms with Crippen LogP contribution >= 0.6 is 15.9 Å². The quantitative estimate of drug-likeness (QED) is 0.519. The predicted molar refractivity (Wildman–Crippen MR) is 69.2 cm³/mol. The molecule has 0 rings (SSSR count). The van der Waals surface area contributed by atoms with Gasteiger partial charge in [-0.15, -0.1) is 0 Å². The van der Waals surface area contributed by atoms with Crippen molar-refractivity contribution in [3.05, 3.63) is 0 Å². The molecule has 0 radical (unpaired) electrons. The third kappa shape index (κ3) is 6.02. The van der Waals surface area contributed by atoms with Gasteiger partial charge in [-0.3, -0.25) is 0 Å². The molecule has 0 aliphatic rings. The third-order valence-corrected chi connectivity index (χ3v) is 3.62. The summed E-state index contributed by atoms with van der Waals surface area (Å²) in [5.74, 6) is 0. The van der Waals surface area contributed by atoms with Gasteiger partial charge in [0.1, 0.15) is 0 Å². The van der Waals surface area contributed by atoms with E-state index in [9.17, 15) is 0 Å². The third-order valence-electron chi connectivity index (χ3n) is 3.06. The number of alkyl halides is 1. The summed E-state index contributed by atoms with van der Waals surface area (Å²) >= 11 is 3.46. The zero-order valence-electron chi connectivity index (χ0n) is 10.4. The lowest BCUT2D eigenvalue weighted by Gasteiger charge is -2.35. The van der Waals surface area contributed by atoms with Crippen molar-refractivity contribution in [3.8, 4) is 0 Å². The summed E-state index contributed by atoms with van der Waals surface area (Å²) < 4.78 is 0. The normalized spacial score (nSPS) is 14.8. The zero-order chi connectivity index (χ0) is 11.2. The Bertz CT molecular complexity index is 140. The highest BCUT2D eigenvalue weighted by atomic mass is 79.9. The van der Waals surface area contributed by atoms with Gasteiger partial charge in [0.25, 0.3) is 0 Å². The van der Waals surface area contributed by atoms with E-state index in [4.69, 9.17) is 0 Å². The largest absolute Gasteiger partial charge is 0.303 e.